The largest absolute Gasteiger partial charge is 0.463 e. The quantitative estimate of drug-likeness (QED) is 0.366. The first kappa shape index (κ1) is 25.2. The summed E-state index contributed by atoms with van der Waals surface area (Å²) in [4.78, 5) is 11.5. The Morgan fingerprint density at radius 1 is 1.06 bits per heavy atom. The van der Waals surface area contributed by atoms with Crippen LogP contribution in [0.2, 0.25) is 0 Å². The lowest BCUT2D eigenvalue weighted by Gasteiger charge is -2.58. The molecule has 188 valence electrons. The predicted octanol–water partition coefficient (Wildman–Crippen LogP) is 6.19. The third kappa shape index (κ3) is 4.01. The average Bonchev–Trinajstić information content (AvgIpc) is 2.94. The first-order valence-electron chi connectivity index (χ1n) is 13.7. The third-order valence-corrected chi connectivity index (χ3v) is 10.7. The second-order valence-electron chi connectivity index (χ2n) is 13.0. The number of aliphatic hydroxyl groups excluding tert-OH is 1. The summed E-state index contributed by atoms with van der Waals surface area (Å²) in [5.74, 6) is 1.93. The Morgan fingerprint density at radius 3 is 2.45 bits per heavy atom. The summed E-state index contributed by atoms with van der Waals surface area (Å²) in [5, 5.41) is 23.8. The third-order valence-electron chi connectivity index (χ3n) is 10.7. The molecule has 1 unspecified atom stereocenters. The van der Waals surface area contributed by atoms with Gasteiger partial charge in [0.1, 0.15) is 11.7 Å². The maximum absolute atomic E-state index is 12.4. The van der Waals surface area contributed by atoms with Crippen molar-refractivity contribution in [3.05, 3.63) is 11.1 Å². The molecular formula is C29H48O4. The van der Waals surface area contributed by atoms with Crippen LogP contribution in [-0.4, -0.2) is 34.0 Å². The monoisotopic (exact) mass is 460 g/mol. The molecule has 4 rings (SSSR count). The highest BCUT2D eigenvalue weighted by atomic mass is 16.5. The van der Waals surface area contributed by atoms with Gasteiger partial charge in [-0.2, -0.15) is 0 Å². The van der Waals surface area contributed by atoms with Crippen molar-refractivity contribution in [3.63, 3.8) is 0 Å². The summed E-state index contributed by atoms with van der Waals surface area (Å²) in [7, 11) is 0. The summed E-state index contributed by atoms with van der Waals surface area (Å²) in [6, 6.07) is 0. The molecule has 4 heteroatoms. The fourth-order valence-corrected chi connectivity index (χ4v) is 8.76. The SMILES string of the molecule is CC(=O)O[C@H]1CC[C@]2(C)C3=C(CCC2C1)[C@]1(O)[C@H](O)C[C@H]([C@H](C)CCCC(C)C)[C@@]1(C)CC3. The van der Waals surface area contributed by atoms with Crippen molar-refractivity contribution < 1.29 is 19.7 Å². The minimum absolute atomic E-state index is 0.0350. The Kier molecular flexibility index (Phi) is 6.86. The van der Waals surface area contributed by atoms with Gasteiger partial charge >= 0.3 is 5.97 Å². The number of rotatable bonds is 6. The van der Waals surface area contributed by atoms with Crippen LogP contribution in [0.3, 0.4) is 0 Å². The number of ether oxygens (including phenoxy) is 1. The number of esters is 1. The predicted molar refractivity (Wildman–Crippen MR) is 132 cm³/mol. The van der Waals surface area contributed by atoms with Crippen molar-refractivity contribution >= 4 is 5.97 Å². The van der Waals surface area contributed by atoms with E-state index < -0.39 is 11.7 Å². The molecule has 4 aliphatic carbocycles. The zero-order valence-corrected chi connectivity index (χ0v) is 22.0. The van der Waals surface area contributed by atoms with E-state index in [0.717, 1.165) is 57.3 Å². The average molecular weight is 461 g/mol. The van der Waals surface area contributed by atoms with Crippen LogP contribution in [0.25, 0.3) is 0 Å². The van der Waals surface area contributed by atoms with Gasteiger partial charge in [0.25, 0.3) is 0 Å². The van der Waals surface area contributed by atoms with Crippen molar-refractivity contribution in [1.82, 2.24) is 0 Å². The zero-order valence-electron chi connectivity index (χ0n) is 22.0. The van der Waals surface area contributed by atoms with Crippen molar-refractivity contribution in [2.24, 2.45) is 34.5 Å². The van der Waals surface area contributed by atoms with E-state index in [-0.39, 0.29) is 22.9 Å². The van der Waals surface area contributed by atoms with E-state index in [1.807, 2.05) is 0 Å². The Labute approximate surface area is 201 Å². The Morgan fingerprint density at radius 2 is 1.79 bits per heavy atom. The number of carbonyl (C=O) groups excluding carboxylic acids is 1. The van der Waals surface area contributed by atoms with E-state index in [0.29, 0.717) is 17.8 Å². The summed E-state index contributed by atoms with van der Waals surface area (Å²) in [6.07, 6.45) is 10.5. The van der Waals surface area contributed by atoms with Crippen LogP contribution < -0.4 is 0 Å². The lowest BCUT2D eigenvalue weighted by atomic mass is 9.49. The summed E-state index contributed by atoms with van der Waals surface area (Å²) >= 11 is 0. The molecule has 0 aromatic heterocycles. The van der Waals surface area contributed by atoms with Crippen LogP contribution in [0.1, 0.15) is 112 Å². The molecule has 0 spiro atoms. The molecule has 8 atom stereocenters. The fraction of sp³-hybridized carbons (Fsp3) is 0.897. The molecule has 4 aliphatic rings. The van der Waals surface area contributed by atoms with E-state index in [2.05, 4.69) is 34.6 Å². The molecule has 0 aromatic carbocycles. The summed E-state index contributed by atoms with van der Waals surface area (Å²) in [5.41, 5.74) is 1.35. The smallest absolute Gasteiger partial charge is 0.302 e. The molecule has 4 nitrogen and oxygen atoms in total. The normalized spacial score (nSPS) is 43.7. The van der Waals surface area contributed by atoms with E-state index in [1.165, 1.54) is 37.3 Å². The first-order chi connectivity index (χ1) is 15.4. The van der Waals surface area contributed by atoms with Gasteiger partial charge in [0.05, 0.1) is 6.10 Å². The standard InChI is InChI=1S/C29H48O4/c1-18(2)8-7-9-19(3)25-17-26(31)29(32)24-11-10-21-16-22(33-20(4)30)12-14-27(21,5)23(24)13-15-28(25,29)6/h18-19,21-22,25-26,31-32H,7-17H2,1-6H3/t19-,21?,22+,25-,26-,27+,28-,29+/m1/s1. The van der Waals surface area contributed by atoms with Gasteiger partial charge in [-0.05, 0) is 86.0 Å². The van der Waals surface area contributed by atoms with Crippen LogP contribution in [0.5, 0.6) is 0 Å². The molecule has 0 radical (unpaired) electrons. The molecule has 2 N–H and O–H groups in total. The molecule has 2 fully saturated rings. The van der Waals surface area contributed by atoms with Crippen molar-refractivity contribution in [2.75, 3.05) is 0 Å². The second kappa shape index (κ2) is 8.97. The number of allylic oxidation sites excluding steroid dienone is 1. The Balaban J connectivity index is 1.59. The Bertz CT molecular complexity index is 786. The molecular weight excluding hydrogens is 412 g/mol. The highest BCUT2D eigenvalue weighted by Crippen LogP contribution is 2.67. The van der Waals surface area contributed by atoms with Crippen LogP contribution in [-0.2, 0) is 9.53 Å². The Hall–Kier alpha value is -0.870. The maximum Gasteiger partial charge on any atom is 0.302 e. The minimum Gasteiger partial charge on any atom is -0.463 e. The van der Waals surface area contributed by atoms with Crippen LogP contribution in [0.15, 0.2) is 11.1 Å². The van der Waals surface area contributed by atoms with Gasteiger partial charge in [-0.3, -0.25) is 4.79 Å². The van der Waals surface area contributed by atoms with Crippen LogP contribution in [0.4, 0.5) is 0 Å². The van der Waals surface area contributed by atoms with Crippen molar-refractivity contribution in [2.45, 2.75) is 130 Å². The zero-order chi connectivity index (χ0) is 24.2. The van der Waals surface area contributed by atoms with E-state index in [4.69, 9.17) is 4.74 Å². The molecule has 0 heterocycles. The topological polar surface area (TPSA) is 66.8 Å². The molecule has 0 aliphatic heterocycles. The van der Waals surface area contributed by atoms with Gasteiger partial charge in [0.2, 0.25) is 0 Å². The molecule has 33 heavy (non-hydrogen) atoms. The van der Waals surface area contributed by atoms with Gasteiger partial charge in [-0.15, -0.1) is 0 Å². The van der Waals surface area contributed by atoms with Gasteiger partial charge < -0.3 is 14.9 Å². The number of fused-ring (bicyclic) bond motifs is 4. The van der Waals surface area contributed by atoms with E-state index in [9.17, 15) is 15.0 Å². The van der Waals surface area contributed by atoms with Crippen LogP contribution in [0, 0.1) is 34.5 Å². The summed E-state index contributed by atoms with van der Waals surface area (Å²) < 4.78 is 5.59. The number of hydrogen-bond donors (Lipinski definition) is 2. The van der Waals surface area contributed by atoms with Gasteiger partial charge in [0, 0.05) is 12.3 Å². The molecule has 2 saturated carbocycles. The molecule has 0 amide bonds. The first-order valence-corrected chi connectivity index (χ1v) is 13.7. The lowest BCUT2D eigenvalue weighted by Crippen LogP contribution is -2.58. The fourth-order valence-electron chi connectivity index (χ4n) is 8.76. The van der Waals surface area contributed by atoms with Crippen molar-refractivity contribution in [1.29, 1.82) is 0 Å². The molecule has 0 aromatic rings. The minimum atomic E-state index is -1.09. The van der Waals surface area contributed by atoms with Gasteiger partial charge in [-0.1, -0.05) is 59.5 Å². The number of hydrogen-bond acceptors (Lipinski definition) is 4. The van der Waals surface area contributed by atoms with Crippen LogP contribution >= 0.6 is 0 Å². The number of aliphatic hydroxyl groups is 2. The number of carbonyl (C=O) groups is 1. The summed E-state index contributed by atoms with van der Waals surface area (Å²) in [6.45, 7) is 13.1. The highest BCUT2D eigenvalue weighted by Gasteiger charge is 2.67. The lowest BCUT2D eigenvalue weighted by molar-refractivity contribution is -0.151. The van der Waals surface area contributed by atoms with E-state index in [1.54, 1.807) is 0 Å². The van der Waals surface area contributed by atoms with Crippen molar-refractivity contribution in [3.8, 4) is 0 Å². The van der Waals surface area contributed by atoms with Gasteiger partial charge in [0.15, 0.2) is 0 Å². The highest BCUT2D eigenvalue weighted by molar-refractivity contribution is 5.66. The molecule has 0 saturated heterocycles. The van der Waals surface area contributed by atoms with E-state index >= 15 is 0 Å². The van der Waals surface area contributed by atoms with Gasteiger partial charge in [-0.25, -0.2) is 0 Å². The maximum atomic E-state index is 12.4. The molecule has 0 bridgehead atoms. The second-order valence-corrected chi connectivity index (χ2v) is 13.0.